The van der Waals surface area contributed by atoms with Gasteiger partial charge in [0.2, 0.25) is 5.91 Å². The van der Waals surface area contributed by atoms with Crippen molar-refractivity contribution >= 4 is 11.8 Å². The van der Waals surface area contributed by atoms with Crippen LogP contribution in [0.5, 0.6) is 0 Å². The highest BCUT2D eigenvalue weighted by atomic mass is 16.2. The molecule has 6 nitrogen and oxygen atoms in total. The molecule has 0 bridgehead atoms. The van der Waals surface area contributed by atoms with Gasteiger partial charge in [0.05, 0.1) is 5.41 Å². The van der Waals surface area contributed by atoms with Crippen LogP contribution >= 0.6 is 0 Å². The van der Waals surface area contributed by atoms with Gasteiger partial charge in [0.1, 0.15) is 5.69 Å². The Hall–Kier alpha value is -2.60. The maximum atomic E-state index is 12.7. The van der Waals surface area contributed by atoms with E-state index in [1.807, 2.05) is 23.1 Å². The van der Waals surface area contributed by atoms with Crippen LogP contribution in [-0.4, -0.2) is 59.3 Å². The second kappa shape index (κ2) is 8.74. The van der Waals surface area contributed by atoms with E-state index in [0.717, 1.165) is 64.8 Å². The highest BCUT2D eigenvalue weighted by Gasteiger charge is 2.47. The fourth-order valence-corrected chi connectivity index (χ4v) is 6.60. The van der Waals surface area contributed by atoms with E-state index in [-0.39, 0.29) is 17.7 Å². The number of benzene rings is 1. The number of H-pyrrole nitrogens is 1. The van der Waals surface area contributed by atoms with Gasteiger partial charge in [0.15, 0.2) is 0 Å². The smallest absolute Gasteiger partial charge is 0.270 e. The third-order valence-electron chi connectivity index (χ3n) is 8.27. The number of nitrogens with two attached hydrogens (primary N) is 1. The van der Waals surface area contributed by atoms with Gasteiger partial charge in [-0.15, -0.1) is 0 Å². The Balaban J connectivity index is 1.23. The average molecular weight is 435 g/mol. The average Bonchev–Trinajstić information content (AvgIpc) is 3.58. The summed E-state index contributed by atoms with van der Waals surface area (Å²) in [5.74, 6) is 1.25. The lowest BCUT2D eigenvalue weighted by molar-refractivity contribution is -0.129. The predicted molar refractivity (Wildman–Crippen MR) is 124 cm³/mol. The minimum atomic E-state index is -0.407. The van der Waals surface area contributed by atoms with E-state index in [4.69, 9.17) is 5.73 Å². The van der Waals surface area contributed by atoms with Crippen LogP contribution in [0.4, 0.5) is 0 Å². The zero-order chi connectivity index (χ0) is 22.1. The SMILES string of the molecule is NC(=O)C1([C@@H](CCN2CC3CN(C(=O)c4ccc[nH]4)CC3C2)c2ccccc2)CCCC1. The van der Waals surface area contributed by atoms with E-state index in [0.29, 0.717) is 17.5 Å². The van der Waals surface area contributed by atoms with Gasteiger partial charge in [0, 0.05) is 32.4 Å². The normalized spacial score (nSPS) is 25.7. The number of carbonyl (C=O) groups excluding carboxylic acids is 2. The maximum Gasteiger partial charge on any atom is 0.270 e. The monoisotopic (exact) mass is 434 g/mol. The van der Waals surface area contributed by atoms with Crippen molar-refractivity contribution in [3.63, 3.8) is 0 Å². The number of fused-ring (bicyclic) bond motifs is 1. The van der Waals surface area contributed by atoms with E-state index >= 15 is 0 Å². The summed E-state index contributed by atoms with van der Waals surface area (Å²) >= 11 is 0. The lowest BCUT2D eigenvalue weighted by Crippen LogP contribution is -2.41. The highest BCUT2D eigenvalue weighted by molar-refractivity contribution is 5.92. The van der Waals surface area contributed by atoms with Crippen molar-refractivity contribution in [3.05, 3.63) is 59.9 Å². The molecule has 5 rings (SSSR count). The maximum absolute atomic E-state index is 12.7. The summed E-state index contributed by atoms with van der Waals surface area (Å²) in [4.78, 5) is 32.9. The number of primary amides is 1. The number of hydrogen-bond acceptors (Lipinski definition) is 3. The van der Waals surface area contributed by atoms with Gasteiger partial charge in [-0.3, -0.25) is 9.59 Å². The van der Waals surface area contributed by atoms with Gasteiger partial charge in [0.25, 0.3) is 5.91 Å². The summed E-state index contributed by atoms with van der Waals surface area (Å²) in [7, 11) is 0. The van der Waals surface area contributed by atoms with Gasteiger partial charge in [-0.05, 0) is 61.3 Å². The van der Waals surface area contributed by atoms with Crippen molar-refractivity contribution in [2.45, 2.75) is 38.0 Å². The first-order valence-corrected chi connectivity index (χ1v) is 12.1. The second-order valence-electron chi connectivity index (χ2n) is 10.1. The summed E-state index contributed by atoms with van der Waals surface area (Å²) in [5, 5.41) is 0. The first-order valence-electron chi connectivity index (χ1n) is 12.1. The number of nitrogens with zero attached hydrogens (tertiary/aromatic N) is 2. The molecule has 3 fully saturated rings. The minimum absolute atomic E-state index is 0.115. The van der Waals surface area contributed by atoms with Crippen LogP contribution < -0.4 is 5.73 Å². The lowest BCUT2D eigenvalue weighted by atomic mass is 9.68. The van der Waals surface area contributed by atoms with Gasteiger partial charge < -0.3 is 20.5 Å². The predicted octanol–water partition coefficient (Wildman–Crippen LogP) is 3.24. The minimum Gasteiger partial charge on any atom is -0.369 e. The van der Waals surface area contributed by atoms with Crippen LogP contribution in [0.15, 0.2) is 48.7 Å². The van der Waals surface area contributed by atoms with Crippen LogP contribution in [0.3, 0.4) is 0 Å². The van der Waals surface area contributed by atoms with Crippen LogP contribution in [0.25, 0.3) is 0 Å². The summed E-state index contributed by atoms with van der Waals surface area (Å²) in [6, 6.07) is 14.2. The molecule has 1 aromatic heterocycles. The Labute approximate surface area is 190 Å². The molecule has 2 unspecified atom stereocenters. The third kappa shape index (κ3) is 3.85. The molecule has 2 aromatic rings. The number of carbonyl (C=O) groups is 2. The van der Waals surface area contributed by atoms with E-state index in [1.54, 1.807) is 6.20 Å². The molecule has 1 aromatic carbocycles. The van der Waals surface area contributed by atoms with E-state index in [2.05, 4.69) is 34.1 Å². The summed E-state index contributed by atoms with van der Waals surface area (Å²) in [6.07, 6.45) is 6.75. The number of likely N-dealkylation sites (tertiary alicyclic amines) is 2. The summed E-state index contributed by atoms with van der Waals surface area (Å²) in [6.45, 7) is 4.72. The second-order valence-corrected chi connectivity index (χ2v) is 10.1. The molecule has 170 valence electrons. The van der Waals surface area contributed by atoms with E-state index in [9.17, 15) is 9.59 Å². The molecule has 3 heterocycles. The Morgan fingerprint density at radius 2 is 1.69 bits per heavy atom. The van der Waals surface area contributed by atoms with Crippen LogP contribution in [-0.2, 0) is 4.79 Å². The number of nitrogens with one attached hydrogen (secondary N) is 1. The van der Waals surface area contributed by atoms with Crippen molar-refractivity contribution < 1.29 is 9.59 Å². The highest BCUT2D eigenvalue weighted by Crippen LogP contribution is 2.50. The molecule has 1 aliphatic carbocycles. The molecule has 6 heteroatoms. The van der Waals surface area contributed by atoms with Crippen LogP contribution in [0, 0.1) is 17.3 Å². The van der Waals surface area contributed by atoms with Gasteiger partial charge in [-0.25, -0.2) is 0 Å². The van der Waals surface area contributed by atoms with Crippen LogP contribution in [0.2, 0.25) is 0 Å². The third-order valence-corrected chi connectivity index (χ3v) is 8.27. The van der Waals surface area contributed by atoms with E-state index < -0.39 is 5.41 Å². The Bertz CT molecular complexity index is 922. The largest absolute Gasteiger partial charge is 0.369 e. The quantitative estimate of drug-likeness (QED) is 0.702. The molecule has 2 aliphatic heterocycles. The molecule has 3 aliphatic rings. The Morgan fingerprint density at radius 3 is 2.28 bits per heavy atom. The molecule has 1 saturated carbocycles. The first-order chi connectivity index (χ1) is 15.6. The number of hydrogen-bond donors (Lipinski definition) is 2. The summed E-state index contributed by atoms with van der Waals surface area (Å²) < 4.78 is 0. The van der Waals surface area contributed by atoms with Crippen molar-refractivity contribution in [2.24, 2.45) is 23.0 Å². The number of aromatic nitrogens is 1. The van der Waals surface area contributed by atoms with Crippen molar-refractivity contribution in [1.82, 2.24) is 14.8 Å². The van der Waals surface area contributed by atoms with Gasteiger partial charge in [-0.2, -0.15) is 0 Å². The van der Waals surface area contributed by atoms with Crippen molar-refractivity contribution in [3.8, 4) is 0 Å². The zero-order valence-electron chi connectivity index (χ0n) is 18.7. The molecular weight excluding hydrogens is 400 g/mol. The van der Waals surface area contributed by atoms with Crippen molar-refractivity contribution in [1.29, 1.82) is 0 Å². The fraction of sp³-hybridized carbons (Fsp3) is 0.538. The number of rotatable bonds is 7. The standard InChI is InChI=1S/C26H34N4O2/c27-25(32)26(11-4-5-12-26)22(19-7-2-1-3-8-19)10-14-29-15-20-17-30(18-21(20)16-29)24(31)23-9-6-13-28-23/h1-3,6-9,13,20-22,28H,4-5,10-12,14-18H2,(H2,27,32)/t20?,21?,22-/m0/s1. The van der Waals surface area contributed by atoms with Gasteiger partial charge in [-0.1, -0.05) is 43.2 Å². The van der Waals surface area contributed by atoms with E-state index in [1.165, 1.54) is 5.56 Å². The zero-order valence-corrected chi connectivity index (χ0v) is 18.7. The molecule has 0 radical (unpaired) electrons. The number of amides is 2. The van der Waals surface area contributed by atoms with Gasteiger partial charge >= 0.3 is 0 Å². The molecular formula is C26H34N4O2. The summed E-state index contributed by atoms with van der Waals surface area (Å²) in [5.41, 5.74) is 7.54. The number of aromatic amines is 1. The fourth-order valence-electron chi connectivity index (χ4n) is 6.60. The lowest BCUT2D eigenvalue weighted by Gasteiger charge is -2.36. The molecule has 3 N–H and O–H groups in total. The van der Waals surface area contributed by atoms with Crippen molar-refractivity contribution in [2.75, 3.05) is 32.7 Å². The molecule has 0 spiro atoms. The molecule has 2 amide bonds. The Morgan fingerprint density at radius 1 is 1.00 bits per heavy atom. The van der Waals surface area contributed by atoms with Crippen LogP contribution in [0.1, 0.15) is 54.1 Å². The topological polar surface area (TPSA) is 82.4 Å². The molecule has 2 saturated heterocycles. The molecule has 32 heavy (non-hydrogen) atoms. The Kier molecular flexibility index (Phi) is 5.80. The molecule has 3 atom stereocenters. The first kappa shape index (κ1) is 21.3.